The van der Waals surface area contributed by atoms with Gasteiger partial charge in [-0.25, -0.2) is 0 Å². The Morgan fingerprint density at radius 2 is 2.16 bits per heavy atom. The molecule has 6 nitrogen and oxygen atoms in total. The Kier molecular flexibility index (Phi) is 4.46. The third-order valence-electron chi connectivity index (χ3n) is 4.11. The van der Waals surface area contributed by atoms with Crippen LogP contribution in [0.3, 0.4) is 0 Å². The topological polar surface area (TPSA) is 84.6 Å². The van der Waals surface area contributed by atoms with Gasteiger partial charge in [0.2, 0.25) is 0 Å². The van der Waals surface area contributed by atoms with Crippen LogP contribution >= 0.6 is 0 Å². The monoisotopic (exact) mass is 340 g/mol. The van der Waals surface area contributed by atoms with Gasteiger partial charge in [0.15, 0.2) is 0 Å². The number of carbonyl (C=O) groups excluding carboxylic acids is 1. The van der Waals surface area contributed by atoms with Crippen molar-refractivity contribution >= 4 is 16.8 Å². The fraction of sp³-hybridized carbons (Fsp3) is 0.263. The number of hydrogen-bond acceptors (Lipinski definition) is 5. The number of ether oxygens (including phenoxy) is 1. The Bertz CT molecular complexity index is 901. The van der Waals surface area contributed by atoms with E-state index in [1.807, 2.05) is 18.2 Å². The van der Waals surface area contributed by atoms with Crippen molar-refractivity contribution in [2.24, 2.45) is 0 Å². The number of hydrogen-bond donors (Lipinski definition) is 2. The van der Waals surface area contributed by atoms with E-state index >= 15 is 0 Å². The zero-order valence-electron chi connectivity index (χ0n) is 14.4. The summed E-state index contributed by atoms with van der Waals surface area (Å²) in [6, 6.07) is 10.7. The highest BCUT2D eigenvalue weighted by atomic mass is 16.5. The fourth-order valence-electron chi connectivity index (χ4n) is 2.62. The molecule has 1 atom stereocenters. The number of amides is 1. The fourth-order valence-corrected chi connectivity index (χ4v) is 2.62. The van der Waals surface area contributed by atoms with Crippen molar-refractivity contribution in [1.82, 2.24) is 10.3 Å². The number of nitrogens with zero attached hydrogens (tertiary/aromatic N) is 1. The molecule has 130 valence electrons. The second-order valence-corrected chi connectivity index (χ2v) is 6.11. The van der Waals surface area contributed by atoms with E-state index in [0.717, 1.165) is 10.9 Å². The van der Waals surface area contributed by atoms with E-state index in [2.05, 4.69) is 10.3 Å². The predicted octanol–water partition coefficient (Wildman–Crippen LogP) is 2.78. The van der Waals surface area contributed by atoms with Crippen LogP contribution in [0.5, 0.6) is 5.75 Å². The van der Waals surface area contributed by atoms with E-state index < -0.39 is 5.60 Å². The van der Waals surface area contributed by atoms with E-state index in [0.29, 0.717) is 22.8 Å². The van der Waals surface area contributed by atoms with Crippen molar-refractivity contribution in [2.75, 3.05) is 13.7 Å². The Balaban J connectivity index is 1.81. The van der Waals surface area contributed by atoms with Crippen LogP contribution in [-0.2, 0) is 5.60 Å². The number of rotatable bonds is 5. The predicted molar refractivity (Wildman–Crippen MR) is 93.6 cm³/mol. The number of nitrogens with one attached hydrogen (secondary N) is 1. The van der Waals surface area contributed by atoms with Gasteiger partial charge < -0.3 is 19.6 Å². The molecular formula is C19H20N2O4. The molecule has 1 amide bonds. The smallest absolute Gasteiger partial charge is 0.253 e. The van der Waals surface area contributed by atoms with Gasteiger partial charge in [0, 0.05) is 11.5 Å². The molecular weight excluding hydrogens is 320 g/mol. The zero-order valence-corrected chi connectivity index (χ0v) is 14.4. The van der Waals surface area contributed by atoms with Gasteiger partial charge in [-0.15, -0.1) is 0 Å². The van der Waals surface area contributed by atoms with Crippen molar-refractivity contribution in [2.45, 2.75) is 19.4 Å². The average Bonchev–Trinajstić information content (AvgIpc) is 3.14. The molecule has 0 radical (unpaired) electrons. The Hall–Kier alpha value is -2.86. The third kappa shape index (κ3) is 3.49. The largest absolute Gasteiger partial charge is 0.497 e. The summed E-state index contributed by atoms with van der Waals surface area (Å²) in [5.41, 5.74) is 0.546. The zero-order chi connectivity index (χ0) is 18.0. The molecule has 2 N–H and O–H groups in total. The summed E-state index contributed by atoms with van der Waals surface area (Å²) >= 11 is 0. The Labute approximate surface area is 145 Å². The summed E-state index contributed by atoms with van der Waals surface area (Å²) in [5.74, 6) is 0.814. The van der Waals surface area contributed by atoms with Crippen LogP contribution in [0.4, 0.5) is 0 Å². The maximum Gasteiger partial charge on any atom is 0.253 e. The molecule has 3 aromatic rings. The first-order chi connectivity index (χ1) is 11.9. The normalized spacial score (nSPS) is 13.4. The van der Waals surface area contributed by atoms with Gasteiger partial charge in [-0.1, -0.05) is 0 Å². The first-order valence-electron chi connectivity index (χ1n) is 7.90. The summed E-state index contributed by atoms with van der Waals surface area (Å²) in [4.78, 5) is 17.0. The minimum absolute atomic E-state index is 0.0272. The van der Waals surface area contributed by atoms with Crippen LogP contribution < -0.4 is 10.1 Å². The lowest BCUT2D eigenvalue weighted by atomic mass is 10.0. The molecule has 0 fully saturated rings. The van der Waals surface area contributed by atoms with Crippen LogP contribution in [0.15, 0.2) is 47.1 Å². The number of pyridine rings is 1. The van der Waals surface area contributed by atoms with Gasteiger partial charge in [0.1, 0.15) is 17.1 Å². The van der Waals surface area contributed by atoms with E-state index in [1.54, 1.807) is 39.2 Å². The highest BCUT2D eigenvalue weighted by Crippen LogP contribution is 2.23. The Morgan fingerprint density at radius 3 is 2.84 bits per heavy atom. The summed E-state index contributed by atoms with van der Waals surface area (Å²) in [6.07, 6.45) is 1.48. The number of carbonyl (C=O) groups is 1. The molecule has 2 heterocycles. The molecule has 1 aromatic carbocycles. The lowest BCUT2D eigenvalue weighted by Crippen LogP contribution is -2.38. The number of aliphatic hydroxyl groups is 1. The van der Waals surface area contributed by atoms with Crippen molar-refractivity contribution in [3.63, 3.8) is 0 Å². The lowest BCUT2D eigenvalue weighted by molar-refractivity contribution is 0.0330. The van der Waals surface area contributed by atoms with Crippen LogP contribution in [0.1, 0.15) is 28.7 Å². The molecule has 0 saturated heterocycles. The molecule has 3 rings (SSSR count). The van der Waals surface area contributed by atoms with Gasteiger partial charge in [-0.3, -0.25) is 9.78 Å². The minimum Gasteiger partial charge on any atom is -0.497 e. The minimum atomic E-state index is -1.29. The summed E-state index contributed by atoms with van der Waals surface area (Å²) in [7, 11) is 1.60. The highest BCUT2D eigenvalue weighted by Gasteiger charge is 2.27. The van der Waals surface area contributed by atoms with Crippen LogP contribution in [0, 0.1) is 6.92 Å². The molecule has 25 heavy (non-hydrogen) atoms. The number of benzene rings is 1. The van der Waals surface area contributed by atoms with Gasteiger partial charge in [-0.2, -0.15) is 0 Å². The van der Waals surface area contributed by atoms with E-state index in [4.69, 9.17) is 9.15 Å². The van der Waals surface area contributed by atoms with Crippen LogP contribution in [0.2, 0.25) is 0 Å². The summed E-state index contributed by atoms with van der Waals surface area (Å²) < 4.78 is 10.4. The van der Waals surface area contributed by atoms with Crippen molar-refractivity contribution in [3.05, 3.63) is 59.7 Å². The molecule has 0 aliphatic heterocycles. The number of fused-ring (bicyclic) bond motifs is 1. The van der Waals surface area contributed by atoms with Gasteiger partial charge >= 0.3 is 0 Å². The lowest BCUT2D eigenvalue weighted by Gasteiger charge is -2.21. The van der Waals surface area contributed by atoms with Gasteiger partial charge in [0.25, 0.3) is 5.91 Å². The number of furan rings is 1. The molecule has 0 aliphatic carbocycles. The van der Waals surface area contributed by atoms with Crippen molar-refractivity contribution < 1.29 is 19.1 Å². The molecule has 0 aliphatic rings. The second kappa shape index (κ2) is 6.57. The first kappa shape index (κ1) is 17.0. The van der Waals surface area contributed by atoms with Crippen molar-refractivity contribution in [1.29, 1.82) is 0 Å². The number of methoxy groups -OCH3 is 1. The maximum atomic E-state index is 12.5. The van der Waals surface area contributed by atoms with E-state index in [-0.39, 0.29) is 12.5 Å². The van der Waals surface area contributed by atoms with Gasteiger partial charge in [-0.05, 0) is 44.2 Å². The number of aryl methyl sites for hydroxylation is 1. The van der Waals surface area contributed by atoms with Crippen LogP contribution in [0.25, 0.3) is 10.9 Å². The van der Waals surface area contributed by atoms with Crippen molar-refractivity contribution in [3.8, 4) is 5.75 Å². The third-order valence-corrected chi connectivity index (χ3v) is 4.11. The SMILES string of the molecule is COc1ccc2cc(C(=O)NCC(C)(O)c3ccco3)c(C)nc2c1. The standard InChI is InChI=1S/C19H20N2O4/c1-12-15(9-13-6-7-14(24-3)10-16(13)21-12)18(22)20-11-19(2,23)17-5-4-8-25-17/h4-10,23H,11H2,1-3H3,(H,20,22). The molecule has 6 heteroatoms. The van der Waals surface area contributed by atoms with Gasteiger partial charge in [0.05, 0.1) is 36.7 Å². The second-order valence-electron chi connectivity index (χ2n) is 6.11. The quantitative estimate of drug-likeness (QED) is 0.746. The molecule has 2 aromatic heterocycles. The number of aromatic nitrogens is 1. The van der Waals surface area contributed by atoms with E-state index in [1.165, 1.54) is 6.26 Å². The molecule has 1 unspecified atom stereocenters. The van der Waals surface area contributed by atoms with Crippen LogP contribution in [-0.4, -0.2) is 29.7 Å². The highest BCUT2D eigenvalue weighted by molar-refractivity contribution is 5.98. The average molecular weight is 340 g/mol. The summed E-state index contributed by atoms with van der Waals surface area (Å²) in [5, 5.41) is 14.0. The summed E-state index contributed by atoms with van der Waals surface area (Å²) in [6.45, 7) is 3.39. The molecule has 0 saturated carbocycles. The maximum absolute atomic E-state index is 12.5. The Morgan fingerprint density at radius 1 is 1.36 bits per heavy atom. The van der Waals surface area contributed by atoms with E-state index in [9.17, 15) is 9.90 Å². The molecule has 0 spiro atoms. The molecule has 0 bridgehead atoms. The first-order valence-corrected chi connectivity index (χ1v) is 7.90.